The summed E-state index contributed by atoms with van der Waals surface area (Å²) in [7, 11) is 0. The van der Waals surface area contributed by atoms with Crippen LogP contribution in [0.4, 0.5) is 5.69 Å². The molecule has 1 aromatic carbocycles. The van der Waals surface area contributed by atoms with Crippen molar-refractivity contribution >= 4 is 17.0 Å². The van der Waals surface area contributed by atoms with Gasteiger partial charge in [-0.2, -0.15) is 0 Å². The molecule has 7 heteroatoms. The molecule has 1 aliphatic heterocycles. The maximum absolute atomic E-state index is 4.48. The summed E-state index contributed by atoms with van der Waals surface area (Å²) in [5.41, 5.74) is 1.41. The van der Waals surface area contributed by atoms with E-state index in [-0.39, 0.29) is 0 Å². The molecule has 4 rings (SSSR count). The first kappa shape index (κ1) is 19.2. The van der Waals surface area contributed by atoms with E-state index in [2.05, 4.69) is 77.2 Å². The van der Waals surface area contributed by atoms with Crippen LogP contribution >= 0.6 is 11.3 Å². The van der Waals surface area contributed by atoms with Crippen molar-refractivity contribution in [1.82, 2.24) is 20.2 Å². The minimum atomic E-state index is 0.354. The Kier molecular flexibility index (Phi) is 6.14. The Bertz CT molecular complexity index is 837. The molecule has 0 radical (unpaired) electrons. The Morgan fingerprint density at radius 1 is 1.04 bits per heavy atom. The van der Waals surface area contributed by atoms with Crippen LogP contribution in [-0.4, -0.2) is 46.4 Å². The highest BCUT2D eigenvalue weighted by atomic mass is 32.1. The van der Waals surface area contributed by atoms with Gasteiger partial charge in [0.1, 0.15) is 31.9 Å². The van der Waals surface area contributed by atoms with Crippen LogP contribution in [0, 0.1) is 5.92 Å². The summed E-state index contributed by atoms with van der Waals surface area (Å²) in [5, 5.41) is 15.0. The van der Waals surface area contributed by atoms with Crippen molar-refractivity contribution < 1.29 is 9.80 Å². The van der Waals surface area contributed by atoms with E-state index in [1.165, 1.54) is 10.6 Å². The van der Waals surface area contributed by atoms with E-state index in [1.807, 2.05) is 4.68 Å². The average molecular weight is 399 g/mol. The van der Waals surface area contributed by atoms with Crippen molar-refractivity contribution in [1.29, 1.82) is 0 Å². The van der Waals surface area contributed by atoms with Gasteiger partial charge in [0.05, 0.1) is 6.54 Å². The molecule has 0 unspecified atom stereocenters. The minimum absolute atomic E-state index is 0.354. The van der Waals surface area contributed by atoms with E-state index >= 15 is 0 Å². The SMILES string of the molecule is CC(C)C[C@@H](c1nnnn1Cc1cccs1)[NH+]1CC[NH+](c2ccccc2)CC1. The Labute approximate surface area is 170 Å². The van der Waals surface area contributed by atoms with E-state index in [0.717, 1.165) is 45.0 Å². The van der Waals surface area contributed by atoms with Crippen molar-refractivity contribution in [2.45, 2.75) is 32.9 Å². The molecule has 28 heavy (non-hydrogen) atoms. The average Bonchev–Trinajstić information content (AvgIpc) is 3.39. The Morgan fingerprint density at radius 3 is 2.50 bits per heavy atom. The van der Waals surface area contributed by atoms with Gasteiger partial charge in [0.25, 0.3) is 0 Å². The third kappa shape index (κ3) is 4.48. The number of benzene rings is 1. The summed E-state index contributed by atoms with van der Waals surface area (Å²) in [5.74, 6) is 1.66. The number of piperazine rings is 1. The zero-order valence-corrected chi connectivity index (χ0v) is 17.5. The third-order valence-corrected chi connectivity index (χ3v) is 6.50. The molecule has 148 valence electrons. The predicted molar refractivity (Wildman–Crippen MR) is 111 cm³/mol. The number of hydrogen-bond donors (Lipinski definition) is 2. The maximum atomic E-state index is 4.48. The third-order valence-electron chi connectivity index (χ3n) is 5.63. The molecule has 3 aromatic rings. The lowest BCUT2D eigenvalue weighted by Gasteiger charge is -2.34. The Balaban J connectivity index is 1.49. The summed E-state index contributed by atoms with van der Waals surface area (Å²) in [6, 6.07) is 15.5. The molecular weight excluding hydrogens is 368 g/mol. The Hall–Kier alpha value is -2.09. The number of nitrogens with one attached hydrogen (secondary N) is 2. The lowest BCUT2D eigenvalue weighted by atomic mass is 10.0. The van der Waals surface area contributed by atoms with Gasteiger partial charge in [-0.25, -0.2) is 4.68 Å². The lowest BCUT2D eigenvalue weighted by molar-refractivity contribution is -1.01. The van der Waals surface area contributed by atoms with E-state index in [1.54, 1.807) is 21.1 Å². The molecule has 6 nitrogen and oxygen atoms in total. The van der Waals surface area contributed by atoms with Crippen LogP contribution in [0.25, 0.3) is 0 Å². The zero-order valence-electron chi connectivity index (χ0n) is 16.7. The minimum Gasteiger partial charge on any atom is -0.317 e. The fraction of sp³-hybridized carbons (Fsp3) is 0.476. The van der Waals surface area contributed by atoms with Crippen molar-refractivity contribution in [3.8, 4) is 0 Å². The highest BCUT2D eigenvalue weighted by Crippen LogP contribution is 2.18. The number of rotatable bonds is 7. The van der Waals surface area contributed by atoms with E-state index in [4.69, 9.17) is 0 Å². The molecule has 0 bridgehead atoms. The van der Waals surface area contributed by atoms with E-state index in [9.17, 15) is 0 Å². The van der Waals surface area contributed by atoms with Crippen molar-refractivity contribution in [3.63, 3.8) is 0 Å². The number of tetrazole rings is 1. The molecule has 0 spiro atoms. The molecule has 2 N–H and O–H groups in total. The first-order valence-corrected chi connectivity index (χ1v) is 11.1. The number of aromatic nitrogens is 4. The van der Waals surface area contributed by atoms with Crippen molar-refractivity contribution in [2.24, 2.45) is 5.92 Å². The molecule has 2 aromatic heterocycles. The smallest absolute Gasteiger partial charge is 0.209 e. The monoisotopic (exact) mass is 398 g/mol. The summed E-state index contributed by atoms with van der Waals surface area (Å²) in [6.07, 6.45) is 1.11. The molecule has 3 heterocycles. The fourth-order valence-electron chi connectivity index (χ4n) is 4.23. The first-order chi connectivity index (χ1) is 13.7. The molecule has 1 atom stereocenters. The Morgan fingerprint density at radius 2 is 1.82 bits per heavy atom. The number of thiophene rings is 1. The maximum Gasteiger partial charge on any atom is 0.209 e. The summed E-state index contributed by atoms with van der Waals surface area (Å²) >= 11 is 1.76. The standard InChI is InChI=1S/C21H28N6S/c1-17(2)15-20(21-22-23-24-27(21)16-19-9-6-14-28-19)26-12-10-25(11-13-26)18-7-4-3-5-8-18/h3-9,14,17,20H,10-13,15-16H2,1-2H3/p+2/t20-/m0/s1. The van der Waals surface area contributed by atoms with Crippen LogP contribution < -0.4 is 9.80 Å². The summed E-state index contributed by atoms with van der Waals surface area (Å²) in [4.78, 5) is 4.51. The fourth-order valence-corrected chi connectivity index (χ4v) is 4.92. The molecule has 1 aliphatic rings. The first-order valence-electron chi connectivity index (χ1n) is 10.2. The second-order valence-electron chi connectivity index (χ2n) is 8.08. The quantitative estimate of drug-likeness (QED) is 0.624. The van der Waals surface area contributed by atoms with Gasteiger partial charge in [0.2, 0.25) is 5.82 Å². The van der Waals surface area contributed by atoms with Crippen molar-refractivity contribution in [2.75, 3.05) is 26.2 Å². The summed E-state index contributed by atoms with van der Waals surface area (Å²) in [6.45, 7) is 9.96. The summed E-state index contributed by atoms with van der Waals surface area (Å²) < 4.78 is 2.02. The molecular formula is C21H30N6S+2. The van der Waals surface area contributed by atoms with Crippen LogP contribution in [0.5, 0.6) is 0 Å². The normalized spacial score (nSPS) is 21.1. The molecule has 1 fully saturated rings. The van der Waals surface area contributed by atoms with Gasteiger partial charge in [-0.1, -0.05) is 38.1 Å². The van der Waals surface area contributed by atoms with E-state index in [0.29, 0.717) is 12.0 Å². The van der Waals surface area contributed by atoms with Crippen LogP contribution in [0.3, 0.4) is 0 Å². The predicted octanol–water partition coefficient (Wildman–Crippen LogP) is 0.985. The number of para-hydroxylation sites is 1. The van der Waals surface area contributed by atoms with Gasteiger partial charge in [0, 0.05) is 11.3 Å². The van der Waals surface area contributed by atoms with Gasteiger partial charge in [-0.15, -0.1) is 16.4 Å². The highest BCUT2D eigenvalue weighted by Gasteiger charge is 2.35. The van der Waals surface area contributed by atoms with Gasteiger partial charge >= 0.3 is 0 Å². The van der Waals surface area contributed by atoms with Gasteiger partial charge in [-0.3, -0.25) is 4.90 Å². The van der Waals surface area contributed by atoms with Crippen LogP contribution in [0.1, 0.15) is 37.0 Å². The second-order valence-corrected chi connectivity index (χ2v) is 9.12. The highest BCUT2D eigenvalue weighted by molar-refractivity contribution is 7.09. The number of hydrogen-bond acceptors (Lipinski definition) is 4. The van der Waals surface area contributed by atoms with Gasteiger partial charge in [0.15, 0.2) is 6.04 Å². The largest absolute Gasteiger partial charge is 0.317 e. The van der Waals surface area contributed by atoms with Crippen LogP contribution in [-0.2, 0) is 6.54 Å². The lowest BCUT2D eigenvalue weighted by Crippen LogP contribution is -3.26. The molecule has 0 aliphatic carbocycles. The number of quaternary nitrogens is 2. The topological polar surface area (TPSA) is 52.5 Å². The molecule has 0 saturated carbocycles. The van der Waals surface area contributed by atoms with Crippen LogP contribution in [0.2, 0.25) is 0 Å². The second kappa shape index (κ2) is 8.94. The molecule has 0 amide bonds. The van der Waals surface area contributed by atoms with Crippen LogP contribution in [0.15, 0.2) is 47.8 Å². The van der Waals surface area contributed by atoms with Crippen molar-refractivity contribution in [3.05, 3.63) is 58.5 Å². The zero-order chi connectivity index (χ0) is 19.3. The number of nitrogens with zero attached hydrogens (tertiary/aromatic N) is 4. The van der Waals surface area contributed by atoms with Gasteiger partial charge in [-0.05, 0) is 39.9 Å². The van der Waals surface area contributed by atoms with E-state index < -0.39 is 0 Å². The molecule has 1 saturated heterocycles. The van der Waals surface area contributed by atoms with Gasteiger partial charge < -0.3 is 4.90 Å².